The molecule has 5 nitrogen and oxygen atoms in total. The van der Waals surface area contributed by atoms with E-state index in [0.717, 1.165) is 17.2 Å². The highest BCUT2D eigenvalue weighted by Crippen LogP contribution is 2.14. The molecule has 22 heavy (non-hydrogen) atoms. The van der Waals surface area contributed by atoms with Crippen molar-refractivity contribution < 1.29 is 13.6 Å². The van der Waals surface area contributed by atoms with Gasteiger partial charge in [-0.25, -0.2) is 4.79 Å². The van der Waals surface area contributed by atoms with Gasteiger partial charge in [0.25, 0.3) is 0 Å². The van der Waals surface area contributed by atoms with Crippen LogP contribution in [0.5, 0.6) is 0 Å². The Hall–Kier alpha value is -2.95. The summed E-state index contributed by atoms with van der Waals surface area (Å²) in [5, 5.41) is 2.87. The second-order valence-electron chi connectivity index (χ2n) is 4.81. The Labute approximate surface area is 128 Å². The van der Waals surface area contributed by atoms with E-state index < -0.39 is 0 Å². The first-order valence-corrected chi connectivity index (χ1v) is 6.97. The molecule has 1 aromatic carbocycles. The molecule has 0 aliphatic rings. The first-order chi connectivity index (χ1) is 10.8. The second kappa shape index (κ2) is 6.67. The fourth-order valence-electron chi connectivity index (χ4n) is 2.10. The molecule has 1 N–H and O–H groups in total. The van der Waals surface area contributed by atoms with Gasteiger partial charge in [0.15, 0.2) is 0 Å². The van der Waals surface area contributed by atoms with Gasteiger partial charge in [0.2, 0.25) is 0 Å². The second-order valence-corrected chi connectivity index (χ2v) is 4.81. The number of carbonyl (C=O) groups excluding carboxylic acids is 1. The van der Waals surface area contributed by atoms with Crippen LogP contribution in [0.4, 0.5) is 10.5 Å². The van der Waals surface area contributed by atoms with Crippen LogP contribution in [0.3, 0.4) is 0 Å². The van der Waals surface area contributed by atoms with E-state index in [0.29, 0.717) is 13.1 Å². The first-order valence-electron chi connectivity index (χ1n) is 6.97. The van der Waals surface area contributed by atoms with Crippen LogP contribution in [0.2, 0.25) is 0 Å². The summed E-state index contributed by atoms with van der Waals surface area (Å²) in [6.45, 7) is 0.735. The van der Waals surface area contributed by atoms with Crippen molar-refractivity contribution >= 4 is 11.7 Å². The van der Waals surface area contributed by atoms with Crippen molar-refractivity contribution in [2.24, 2.45) is 0 Å². The zero-order chi connectivity index (χ0) is 15.2. The number of nitrogens with zero attached hydrogens (tertiary/aromatic N) is 1. The fraction of sp³-hybridized carbons (Fsp3) is 0.118. The van der Waals surface area contributed by atoms with E-state index in [1.54, 1.807) is 29.6 Å². The molecule has 0 saturated carbocycles. The van der Waals surface area contributed by atoms with Gasteiger partial charge < -0.3 is 19.1 Å². The number of benzene rings is 1. The minimum atomic E-state index is -0.209. The van der Waals surface area contributed by atoms with Gasteiger partial charge in [-0.2, -0.15) is 0 Å². The largest absolute Gasteiger partial charge is 0.467 e. The van der Waals surface area contributed by atoms with E-state index in [4.69, 9.17) is 8.83 Å². The number of anilines is 1. The van der Waals surface area contributed by atoms with Crippen LogP contribution in [-0.2, 0) is 13.1 Å². The highest BCUT2D eigenvalue weighted by atomic mass is 16.3. The molecule has 0 aliphatic carbocycles. The molecular weight excluding hydrogens is 280 g/mol. The summed E-state index contributed by atoms with van der Waals surface area (Å²) in [6, 6.07) is 16.4. The van der Waals surface area contributed by atoms with E-state index in [1.165, 1.54) is 0 Å². The molecule has 0 saturated heterocycles. The number of hydrogen-bond acceptors (Lipinski definition) is 3. The van der Waals surface area contributed by atoms with Crippen molar-refractivity contribution in [1.29, 1.82) is 0 Å². The summed E-state index contributed by atoms with van der Waals surface area (Å²) in [5.74, 6) is 1.43. The molecule has 0 bridgehead atoms. The standard InChI is InChI=1S/C17H16N2O3/c20-17(18-14-6-2-1-3-7-14)19(12-15-8-4-10-21-15)13-16-9-5-11-22-16/h1-11H,12-13H2,(H,18,20). The molecule has 5 heteroatoms. The van der Waals surface area contributed by atoms with Crippen molar-refractivity contribution in [1.82, 2.24) is 4.90 Å². The molecule has 0 fully saturated rings. The van der Waals surface area contributed by atoms with Crippen LogP contribution < -0.4 is 5.32 Å². The first kappa shape index (κ1) is 14.0. The molecule has 0 aliphatic heterocycles. The molecule has 112 valence electrons. The summed E-state index contributed by atoms with van der Waals surface area (Å²) in [7, 11) is 0. The normalized spacial score (nSPS) is 10.4. The van der Waals surface area contributed by atoms with Crippen molar-refractivity contribution in [2.45, 2.75) is 13.1 Å². The Bertz CT molecular complexity index is 655. The van der Waals surface area contributed by atoms with E-state index >= 15 is 0 Å². The van der Waals surface area contributed by atoms with Gasteiger partial charge >= 0.3 is 6.03 Å². The predicted molar refractivity (Wildman–Crippen MR) is 82.1 cm³/mol. The molecule has 0 spiro atoms. The zero-order valence-electron chi connectivity index (χ0n) is 11.9. The van der Waals surface area contributed by atoms with Crippen LogP contribution in [0.15, 0.2) is 76.0 Å². The number of nitrogens with one attached hydrogen (secondary N) is 1. The maximum Gasteiger partial charge on any atom is 0.322 e. The van der Waals surface area contributed by atoms with Crippen molar-refractivity contribution in [2.75, 3.05) is 5.32 Å². The Morgan fingerprint density at radius 3 is 1.95 bits per heavy atom. The minimum Gasteiger partial charge on any atom is -0.467 e. The molecule has 0 radical (unpaired) electrons. The van der Waals surface area contributed by atoms with E-state index in [-0.39, 0.29) is 6.03 Å². The third kappa shape index (κ3) is 3.58. The van der Waals surface area contributed by atoms with E-state index in [9.17, 15) is 4.79 Å². The van der Waals surface area contributed by atoms with Gasteiger partial charge in [-0.05, 0) is 36.4 Å². The lowest BCUT2D eigenvalue weighted by Gasteiger charge is -2.21. The van der Waals surface area contributed by atoms with Gasteiger partial charge in [0.05, 0.1) is 25.6 Å². The average molecular weight is 296 g/mol. The van der Waals surface area contributed by atoms with Gasteiger partial charge in [-0.3, -0.25) is 0 Å². The van der Waals surface area contributed by atoms with Crippen LogP contribution >= 0.6 is 0 Å². The number of carbonyl (C=O) groups is 1. The Kier molecular flexibility index (Phi) is 4.25. The lowest BCUT2D eigenvalue weighted by molar-refractivity contribution is 0.195. The summed E-state index contributed by atoms with van der Waals surface area (Å²) in [5.41, 5.74) is 0.747. The van der Waals surface area contributed by atoms with Crippen LogP contribution in [0.1, 0.15) is 11.5 Å². The number of urea groups is 1. The summed E-state index contributed by atoms with van der Waals surface area (Å²) in [6.07, 6.45) is 3.19. The molecule has 0 unspecified atom stereocenters. The quantitative estimate of drug-likeness (QED) is 0.771. The molecule has 3 rings (SSSR count). The Balaban J connectivity index is 1.73. The summed E-state index contributed by atoms with van der Waals surface area (Å²) < 4.78 is 10.7. The molecule has 2 amide bonds. The number of rotatable bonds is 5. The Morgan fingerprint density at radius 1 is 0.864 bits per heavy atom. The average Bonchev–Trinajstić information content (AvgIpc) is 3.21. The van der Waals surface area contributed by atoms with Crippen LogP contribution in [0.25, 0.3) is 0 Å². The number of para-hydroxylation sites is 1. The predicted octanol–water partition coefficient (Wildman–Crippen LogP) is 4.11. The van der Waals surface area contributed by atoms with Crippen molar-refractivity contribution in [3.05, 3.63) is 78.6 Å². The maximum atomic E-state index is 12.5. The maximum absolute atomic E-state index is 12.5. The molecule has 0 atom stereocenters. The fourth-order valence-corrected chi connectivity index (χ4v) is 2.10. The van der Waals surface area contributed by atoms with Gasteiger partial charge in [0.1, 0.15) is 11.5 Å². The van der Waals surface area contributed by atoms with Gasteiger partial charge in [0, 0.05) is 5.69 Å². The smallest absolute Gasteiger partial charge is 0.322 e. The molecule has 2 heterocycles. The van der Waals surface area contributed by atoms with Crippen LogP contribution in [-0.4, -0.2) is 10.9 Å². The number of amides is 2. The zero-order valence-corrected chi connectivity index (χ0v) is 11.9. The lowest BCUT2D eigenvalue weighted by Crippen LogP contribution is -2.33. The topological polar surface area (TPSA) is 58.6 Å². The van der Waals surface area contributed by atoms with Crippen molar-refractivity contribution in [3.8, 4) is 0 Å². The summed E-state index contributed by atoms with van der Waals surface area (Å²) in [4.78, 5) is 14.1. The molecule has 2 aromatic heterocycles. The third-order valence-corrected chi connectivity index (χ3v) is 3.17. The van der Waals surface area contributed by atoms with Crippen LogP contribution in [0, 0.1) is 0 Å². The highest BCUT2D eigenvalue weighted by Gasteiger charge is 2.17. The highest BCUT2D eigenvalue weighted by molar-refractivity contribution is 5.89. The number of hydrogen-bond donors (Lipinski definition) is 1. The molecular formula is C17H16N2O3. The van der Waals surface area contributed by atoms with Crippen molar-refractivity contribution in [3.63, 3.8) is 0 Å². The summed E-state index contributed by atoms with van der Waals surface area (Å²) >= 11 is 0. The lowest BCUT2D eigenvalue weighted by atomic mass is 10.3. The SMILES string of the molecule is O=C(Nc1ccccc1)N(Cc1ccco1)Cc1ccco1. The Morgan fingerprint density at radius 2 is 1.45 bits per heavy atom. The van der Waals surface area contributed by atoms with E-state index in [1.807, 2.05) is 42.5 Å². The monoisotopic (exact) mass is 296 g/mol. The van der Waals surface area contributed by atoms with Gasteiger partial charge in [-0.1, -0.05) is 18.2 Å². The number of furan rings is 2. The van der Waals surface area contributed by atoms with Gasteiger partial charge in [-0.15, -0.1) is 0 Å². The third-order valence-electron chi connectivity index (χ3n) is 3.17. The molecule has 3 aromatic rings. The minimum absolute atomic E-state index is 0.209. The van der Waals surface area contributed by atoms with E-state index in [2.05, 4.69) is 5.32 Å².